The molecule has 0 bridgehead atoms. The molecular weight excluding hydrogens is 230 g/mol. The highest BCUT2D eigenvalue weighted by Crippen LogP contribution is 2.10. The van der Waals surface area contributed by atoms with Crippen molar-refractivity contribution in [3.05, 3.63) is 47.7 Å². The van der Waals surface area contributed by atoms with Gasteiger partial charge in [-0.05, 0) is 19.1 Å². The summed E-state index contributed by atoms with van der Waals surface area (Å²) in [4.78, 5) is 17.5. The average molecular weight is 245 g/mol. The number of aliphatic hydroxyl groups excluding tert-OH is 1. The van der Waals surface area contributed by atoms with Gasteiger partial charge in [-0.2, -0.15) is 0 Å². The van der Waals surface area contributed by atoms with Crippen LogP contribution in [0, 0.1) is 0 Å². The Morgan fingerprint density at radius 2 is 2.06 bits per heavy atom. The molecule has 0 saturated carbocycles. The molecule has 5 nitrogen and oxygen atoms in total. The Morgan fingerprint density at radius 1 is 1.39 bits per heavy atom. The van der Waals surface area contributed by atoms with E-state index in [9.17, 15) is 9.90 Å². The summed E-state index contributed by atoms with van der Waals surface area (Å²) >= 11 is 0. The Kier molecular flexibility index (Phi) is 3.43. The highest BCUT2D eigenvalue weighted by atomic mass is 16.3. The number of aliphatic imine (C=N–C) groups is 1. The van der Waals surface area contributed by atoms with E-state index in [0.29, 0.717) is 11.4 Å². The Morgan fingerprint density at radius 3 is 2.72 bits per heavy atom. The molecule has 1 unspecified atom stereocenters. The number of amidine groups is 1. The van der Waals surface area contributed by atoms with E-state index in [1.165, 1.54) is 0 Å². The highest BCUT2D eigenvalue weighted by molar-refractivity contribution is 6.12. The molecule has 0 radical (unpaired) electrons. The van der Waals surface area contributed by atoms with Gasteiger partial charge in [0.15, 0.2) is 0 Å². The monoisotopic (exact) mass is 245 g/mol. The van der Waals surface area contributed by atoms with Crippen molar-refractivity contribution in [1.82, 2.24) is 10.2 Å². The van der Waals surface area contributed by atoms with Gasteiger partial charge in [-0.3, -0.25) is 4.79 Å². The molecule has 0 aromatic heterocycles. The summed E-state index contributed by atoms with van der Waals surface area (Å²) in [6.45, 7) is 1.83. The predicted octanol–water partition coefficient (Wildman–Crippen LogP) is 0.940. The lowest BCUT2D eigenvalue weighted by Crippen LogP contribution is -2.39. The first-order valence-corrected chi connectivity index (χ1v) is 5.61. The molecule has 1 amide bonds. The normalized spacial score (nSPS) is 19.1. The van der Waals surface area contributed by atoms with Gasteiger partial charge in [0.05, 0.1) is 0 Å². The third kappa shape index (κ3) is 2.57. The Balaban J connectivity index is 2.13. The van der Waals surface area contributed by atoms with Gasteiger partial charge in [0.1, 0.15) is 5.84 Å². The maximum atomic E-state index is 11.9. The zero-order valence-electron chi connectivity index (χ0n) is 10.3. The molecule has 1 aliphatic rings. The fraction of sp³-hybridized carbons (Fsp3) is 0.231. The van der Waals surface area contributed by atoms with Crippen LogP contribution in [-0.4, -0.2) is 35.1 Å². The fourth-order valence-corrected chi connectivity index (χ4v) is 1.64. The second-order valence-corrected chi connectivity index (χ2v) is 4.12. The van der Waals surface area contributed by atoms with Crippen LogP contribution in [0.1, 0.15) is 17.3 Å². The number of nitrogens with one attached hydrogen (secondary N) is 1. The Labute approximate surface area is 105 Å². The second-order valence-electron chi connectivity index (χ2n) is 4.12. The van der Waals surface area contributed by atoms with E-state index in [1.807, 2.05) is 13.0 Å². The van der Waals surface area contributed by atoms with Crippen molar-refractivity contribution in [3.63, 3.8) is 0 Å². The highest BCUT2D eigenvalue weighted by Gasteiger charge is 2.18. The van der Waals surface area contributed by atoms with Crippen LogP contribution in [0.15, 0.2) is 47.1 Å². The molecule has 18 heavy (non-hydrogen) atoms. The maximum Gasteiger partial charge on any atom is 0.256 e. The summed E-state index contributed by atoms with van der Waals surface area (Å²) in [6, 6.07) is 8.88. The first-order chi connectivity index (χ1) is 8.58. The lowest BCUT2D eigenvalue weighted by Gasteiger charge is -2.25. The summed E-state index contributed by atoms with van der Waals surface area (Å²) in [5.41, 5.74) is 1.36. The van der Waals surface area contributed by atoms with E-state index < -0.39 is 6.35 Å². The molecule has 1 heterocycles. The Bertz CT molecular complexity index is 508. The van der Waals surface area contributed by atoms with Gasteiger partial charge >= 0.3 is 0 Å². The molecule has 2 N–H and O–H groups in total. The minimum Gasteiger partial charge on any atom is -0.355 e. The molecule has 1 atom stereocenters. The zero-order valence-corrected chi connectivity index (χ0v) is 10.3. The first-order valence-electron chi connectivity index (χ1n) is 5.61. The standard InChI is InChI=1S/C13H15N3O2/c1-9-8-16(2)13(18)15-11(9)14-12(17)10-6-4-3-5-7-10/h3-8,13,18H,1-2H3,(H,14,15,17). The van der Waals surface area contributed by atoms with Crippen LogP contribution in [0.5, 0.6) is 0 Å². The number of benzene rings is 1. The summed E-state index contributed by atoms with van der Waals surface area (Å²) in [7, 11) is 1.72. The number of carbonyl (C=O) groups excluding carboxylic acids is 1. The Hall–Kier alpha value is -2.14. The number of rotatable bonds is 1. The fourth-order valence-electron chi connectivity index (χ4n) is 1.64. The SMILES string of the molecule is CC1=CN(C)C(O)N=C1NC(=O)c1ccccc1. The molecule has 1 aliphatic heterocycles. The summed E-state index contributed by atoms with van der Waals surface area (Å²) in [6.07, 6.45) is 0.776. The molecule has 0 spiro atoms. The molecule has 94 valence electrons. The number of hydrogen-bond donors (Lipinski definition) is 2. The van der Waals surface area contributed by atoms with Crippen molar-refractivity contribution in [2.24, 2.45) is 4.99 Å². The third-order valence-corrected chi connectivity index (χ3v) is 2.65. The molecule has 0 fully saturated rings. The van der Waals surface area contributed by atoms with Crippen molar-refractivity contribution in [1.29, 1.82) is 0 Å². The molecular formula is C13H15N3O2. The van der Waals surface area contributed by atoms with Crippen molar-refractivity contribution in [2.45, 2.75) is 13.3 Å². The van der Waals surface area contributed by atoms with E-state index in [1.54, 1.807) is 42.4 Å². The largest absolute Gasteiger partial charge is 0.355 e. The van der Waals surface area contributed by atoms with E-state index in [2.05, 4.69) is 10.3 Å². The number of carbonyl (C=O) groups is 1. The number of aliphatic hydroxyl groups is 1. The van der Waals surface area contributed by atoms with Gasteiger partial charge < -0.3 is 15.3 Å². The van der Waals surface area contributed by atoms with E-state index in [4.69, 9.17) is 0 Å². The smallest absolute Gasteiger partial charge is 0.256 e. The van der Waals surface area contributed by atoms with E-state index in [-0.39, 0.29) is 5.91 Å². The molecule has 0 aliphatic carbocycles. The van der Waals surface area contributed by atoms with Crippen LogP contribution in [0.4, 0.5) is 0 Å². The molecule has 0 saturated heterocycles. The lowest BCUT2D eigenvalue weighted by atomic mass is 10.2. The number of nitrogens with zero attached hydrogens (tertiary/aromatic N) is 2. The molecule has 1 aromatic carbocycles. The summed E-state index contributed by atoms with van der Waals surface area (Å²) in [5, 5.41) is 12.3. The van der Waals surface area contributed by atoms with Crippen LogP contribution in [-0.2, 0) is 0 Å². The van der Waals surface area contributed by atoms with Crippen LogP contribution in [0.2, 0.25) is 0 Å². The molecule has 1 aromatic rings. The molecule has 2 rings (SSSR count). The van der Waals surface area contributed by atoms with Crippen molar-refractivity contribution in [2.75, 3.05) is 7.05 Å². The topological polar surface area (TPSA) is 64.9 Å². The minimum absolute atomic E-state index is 0.237. The van der Waals surface area contributed by atoms with Crippen LogP contribution in [0.3, 0.4) is 0 Å². The predicted molar refractivity (Wildman–Crippen MR) is 68.9 cm³/mol. The van der Waals surface area contributed by atoms with Gasteiger partial charge in [-0.25, -0.2) is 4.99 Å². The van der Waals surface area contributed by atoms with Crippen molar-refractivity contribution >= 4 is 11.7 Å². The van der Waals surface area contributed by atoms with Crippen molar-refractivity contribution in [3.8, 4) is 0 Å². The van der Waals surface area contributed by atoms with Crippen molar-refractivity contribution < 1.29 is 9.90 Å². The lowest BCUT2D eigenvalue weighted by molar-refractivity contribution is 0.0605. The van der Waals surface area contributed by atoms with E-state index in [0.717, 1.165) is 5.57 Å². The van der Waals surface area contributed by atoms with E-state index >= 15 is 0 Å². The van der Waals surface area contributed by atoms with Gasteiger partial charge in [-0.1, -0.05) is 18.2 Å². The van der Waals surface area contributed by atoms with Crippen LogP contribution >= 0.6 is 0 Å². The molecule has 5 heteroatoms. The first kappa shape index (κ1) is 12.3. The zero-order chi connectivity index (χ0) is 13.1. The van der Waals surface area contributed by atoms with Gasteiger partial charge in [0.2, 0.25) is 6.35 Å². The van der Waals surface area contributed by atoms with Gasteiger partial charge in [-0.15, -0.1) is 0 Å². The second kappa shape index (κ2) is 5.01. The minimum atomic E-state index is -0.959. The third-order valence-electron chi connectivity index (χ3n) is 2.65. The van der Waals surface area contributed by atoms with Gasteiger partial charge in [0.25, 0.3) is 5.91 Å². The quantitative estimate of drug-likeness (QED) is 0.774. The summed E-state index contributed by atoms with van der Waals surface area (Å²) in [5.74, 6) is 0.160. The van der Waals surface area contributed by atoms with Crippen LogP contribution < -0.4 is 5.32 Å². The number of amides is 1. The summed E-state index contributed by atoms with van der Waals surface area (Å²) < 4.78 is 0. The van der Waals surface area contributed by atoms with Gasteiger partial charge in [0, 0.05) is 24.4 Å². The maximum absolute atomic E-state index is 11.9. The average Bonchev–Trinajstić information content (AvgIpc) is 2.37. The number of hydrogen-bond acceptors (Lipinski definition) is 4. The van der Waals surface area contributed by atoms with Crippen LogP contribution in [0.25, 0.3) is 0 Å².